The van der Waals surface area contributed by atoms with E-state index in [9.17, 15) is 18.0 Å². The van der Waals surface area contributed by atoms with E-state index >= 15 is 0 Å². The molecule has 32 heavy (non-hydrogen) atoms. The van der Waals surface area contributed by atoms with Crippen LogP contribution in [-0.4, -0.2) is 45.3 Å². The molecule has 0 spiro atoms. The molecular formula is C22H23F3N6O. The summed E-state index contributed by atoms with van der Waals surface area (Å²) in [5, 5.41) is 11.5. The fourth-order valence-electron chi connectivity index (χ4n) is 4.10. The van der Waals surface area contributed by atoms with Gasteiger partial charge in [-0.1, -0.05) is 0 Å². The lowest BCUT2D eigenvalue weighted by Crippen LogP contribution is -2.24. The van der Waals surface area contributed by atoms with E-state index in [2.05, 4.69) is 14.9 Å². The normalized spacial score (nSPS) is 14.6. The fraction of sp³-hybridized carbons (Fsp3) is 0.364. The van der Waals surface area contributed by atoms with Crippen molar-refractivity contribution in [3.63, 3.8) is 0 Å². The Morgan fingerprint density at radius 2 is 2.06 bits per heavy atom. The van der Waals surface area contributed by atoms with Gasteiger partial charge in [0, 0.05) is 68.2 Å². The summed E-state index contributed by atoms with van der Waals surface area (Å²) in [5.41, 5.74) is 2.36. The number of hydrogen-bond acceptors (Lipinski definition) is 5. The third kappa shape index (κ3) is 3.97. The summed E-state index contributed by atoms with van der Waals surface area (Å²) in [6.07, 6.45) is -2.76. The van der Waals surface area contributed by atoms with Crippen LogP contribution in [0.25, 0.3) is 16.9 Å². The Labute approximate surface area is 182 Å². The number of nitrogens with zero attached hydrogens (tertiary/aromatic N) is 4. The zero-order chi connectivity index (χ0) is 23.0. The van der Waals surface area contributed by atoms with Crippen molar-refractivity contribution in [2.45, 2.75) is 32.0 Å². The second-order valence-corrected chi connectivity index (χ2v) is 7.72. The molecule has 0 bridgehead atoms. The lowest BCUT2D eigenvalue weighted by molar-refractivity contribution is -0.0611. The Hall–Kier alpha value is -3.27. The van der Waals surface area contributed by atoms with Crippen molar-refractivity contribution in [3.8, 4) is 5.82 Å². The highest BCUT2D eigenvalue weighted by Crippen LogP contribution is 2.27. The summed E-state index contributed by atoms with van der Waals surface area (Å²) < 4.78 is 41.2. The summed E-state index contributed by atoms with van der Waals surface area (Å²) in [6, 6.07) is 6.72. The van der Waals surface area contributed by atoms with Crippen LogP contribution in [0, 0.1) is 5.41 Å². The van der Waals surface area contributed by atoms with Crippen molar-refractivity contribution in [1.82, 2.24) is 19.4 Å². The van der Waals surface area contributed by atoms with E-state index in [4.69, 9.17) is 10.4 Å². The van der Waals surface area contributed by atoms with Gasteiger partial charge in [-0.05, 0) is 36.6 Å². The number of nitrogens with one attached hydrogen (secondary N) is 2. The zero-order valence-corrected chi connectivity index (χ0v) is 17.8. The van der Waals surface area contributed by atoms with Crippen molar-refractivity contribution in [3.05, 3.63) is 57.6 Å². The van der Waals surface area contributed by atoms with Gasteiger partial charge in [-0.3, -0.25) is 14.4 Å². The molecule has 1 aliphatic heterocycles. The number of alkyl halides is 3. The van der Waals surface area contributed by atoms with Crippen LogP contribution in [0.3, 0.4) is 0 Å². The number of aliphatic imine (C=N–C) groups is 1. The molecule has 4 rings (SSSR count). The van der Waals surface area contributed by atoms with E-state index in [1.54, 1.807) is 18.3 Å². The summed E-state index contributed by atoms with van der Waals surface area (Å²) in [4.78, 5) is 21.5. The number of aryl methyl sites for hydroxylation is 1. The average molecular weight is 444 g/mol. The van der Waals surface area contributed by atoms with Gasteiger partial charge < -0.3 is 15.3 Å². The number of hydrogen-bond donors (Lipinski definition) is 2. The van der Waals surface area contributed by atoms with Crippen molar-refractivity contribution >= 4 is 22.5 Å². The van der Waals surface area contributed by atoms with Crippen LogP contribution in [0.4, 0.5) is 13.2 Å². The lowest BCUT2D eigenvalue weighted by atomic mass is 10.0. The van der Waals surface area contributed by atoms with Crippen molar-refractivity contribution in [1.29, 1.82) is 5.41 Å². The maximum atomic E-state index is 12.8. The number of halogens is 3. The molecule has 0 radical (unpaired) electrons. The molecule has 2 N–H and O–H groups in total. The molecule has 4 heterocycles. The maximum Gasteiger partial charge on any atom is 0.428 e. The fourth-order valence-corrected chi connectivity index (χ4v) is 4.10. The van der Waals surface area contributed by atoms with Gasteiger partial charge in [-0.15, -0.1) is 0 Å². The van der Waals surface area contributed by atoms with E-state index in [0.717, 1.165) is 30.5 Å². The Morgan fingerprint density at radius 1 is 1.28 bits per heavy atom. The highest BCUT2D eigenvalue weighted by molar-refractivity contribution is 6.02. The predicted octanol–water partition coefficient (Wildman–Crippen LogP) is 3.15. The lowest BCUT2D eigenvalue weighted by Gasteiger charge is -2.14. The molecule has 0 saturated carbocycles. The van der Waals surface area contributed by atoms with Crippen molar-refractivity contribution in [2.75, 3.05) is 13.6 Å². The van der Waals surface area contributed by atoms with Gasteiger partial charge in [0.05, 0.1) is 0 Å². The van der Waals surface area contributed by atoms with Crippen LogP contribution >= 0.6 is 0 Å². The van der Waals surface area contributed by atoms with Gasteiger partial charge in [0.1, 0.15) is 17.2 Å². The van der Waals surface area contributed by atoms with E-state index in [1.807, 2.05) is 13.1 Å². The number of rotatable bonds is 5. The Bertz CT molecular complexity index is 1290. The second-order valence-electron chi connectivity index (χ2n) is 7.72. The van der Waals surface area contributed by atoms with Crippen molar-refractivity contribution < 1.29 is 13.2 Å². The molecule has 0 fully saturated rings. The van der Waals surface area contributed by atoms with Crippen LogP contribution in [-0.2, 0) is 20.0 Å². The first kappa shape index (κ1) is 21.9. The first-order valence-corrected chi connectivity index (χ1v) is 10.2. The van der Waals surface area contributed by atoms with Crippen LogP contribution in [0.2, 0.25) is 0 Å². The Balaban J connectivity index is 1.63. The molecule has 0 atom stereocenters. The first-order chi connectivity index (χ1) is 15.2. The summed E-state index contributed by atoms with van der Waals surface area (Å²) >= 11 is 0. The van der Waals surface area contributed by atoms with E-state index in [-0.39, 0.29) is 12.0 Å². The largest absolute Gasteiger partial charge is 0.428 e. The van der Waals surface area contributed by atoms with Gasteiger partial charge >= 0.3 is 6.18 Å². The SMILES string of the molecule is CN=C(CCC(=N)C(F)(F)F)c1ccn(-c2ccc3c4c(n(C)c3n2)CCNC4)c(=O)c1. The molecule has 10 heteroatoms. The quantitative estimate of drug-likeness (QED) is 0.593. The monoisotopic (exact) mass is 444 g/mol. The third-order valence-electron chi connectivity index (χ3n) is 5.82. The number of fused-ring (bicyclic) bond motifs is 3. The minimum atomic E-state index is -4.65. The standard InChI is InChI=1S/C22H23F3N6O/c1-27-16(4-5-18(26)22(23,24)25)13-8-10-31(20(32)11-13)19-6-3-14-15-12-28-9-7-17(15)30(2)21(14)29-19/h3,6,8,10-11,26,28H,4-5,7,9,12H2,1-2H3. The van der Waals surface area contributed by atoms with Crippen LogP contribution in [0.5, 0.6) is 0 Å². The molecular weight excluding hydrogens is 421 g/mol. The smallest absolute Gasteiger partial charge is 0.332 e. The highest BCUT2D eigenvalue weighted by Gasteiger charge is 2.33. The summed E-state index contributed by atoms with van der Waals surface area (Å²) in [5.74, 6) is 0.466. The van der Waals surface area contributed by atoms with Gasteiger partial charge in [0.2, 0.25) is 0 Å². The second kappa shape index (κ2) is 8.34. The predicted molar refractivity (Wildman–Crippen MR) is 117 cm³/mol. The molecule has 0 saturated heterocycles. The van der Waals surface area contributed by atoms with Crippen LogP contribution < -0.4 is 10.9 Å². The topological polar surface area (TPSA) is 88.1 Å². The molecule has 0 aromatic carbocycles. The Morgan fingerprint density at radius 3 is 2.75 bits per heavy atom. The summed E-state index contributed by atoms with van der Waals surface area (Å²) in [7, 11) is 3.43. The molecule has 3 aromatic rings. The number of aromatic nitrogens is 3. The molecule has 7 nitrogen and oxygen atoms in total. The van der Waals surface area contributed by atoms with E-state index in [0.29, 0.717) is 17.1 Å². The van der Waals surface area contributed by atoms with Gasteiger partial charge in [-0.25, -0.2) is 4.98 Å². The van der Waals surface area contributed by atoms with Gasteiger partial charge in [0.25, 0.3) is 5.56 Å². The molecule has 3 aromatic heterocycles. The van der Waals surface area contributed by atoms with E-state index in [1.165, 1.54) is 28.9 Å². The molecule has 1 aliphatic rings. The van der Waals surface area contributed by atoms with Gasteiger partial charge in [0.15, 0.2) is 0 Å². The third-order valence-corrected chi connectivity index (χ3v) is 5.82. The van der Waals surface area contributed by atoms with Gasteiger partial charge in [-0.2, -0.15) is 13.2 Å². The highest BCUT2D eigenvalue weighted by atomic mass is 19.4. The maximum absolute atomic E-state index is 12.8. The van der Waals surface area contributed by atoms with Crippen LogP contribution in [0.1, 0.15) is 29.7 Å². The zero-order valence-electron chi connectivity index (χ0n) is 17.8. The van der Waals surface area contributed by atoms with E-state index < -0.39 is 18.3 Å². The minimum Gasteiger partial charge on any atom is -0.332 e. The summed E-state index contributed by atoms with van der Waals surface area (Å²) in [6.45, 7) is 1.70. The van der Waals surface area contributed by atoms with Crippen molar-refractivity contribution in [2.24, 2.45) is 12.0 Å². The first-order valence-electron chi connectivity index (χ1n) is 10.2. The molecule has 168 valence electrons. The minimum absolute atomic E-state index is 0.0779. The molecule has 0 aliphatic carbocycles. The molecule has 0 amide bonds. The Kier molecular flexibility index (Phi) is 5.72. The average Bonchev–Trinajstić information content (AvgIpc) is 3.05. The number of pyridine rings is 2. The molecule has 0 unspecified atom stereocenters. The van der Waals surface area contributed by atoms with Crippen LogP contribution in [0.15, 0.2) is 40.2 Å².